The molecule has 0 bridgehead atoms. The van der Waals surface area contributed by atoms with E-state index in [2.05, 4.69) is 43.1 Å². The van der Waals surface area contributed by atoms with Crippen molar-refractivity contribution in [3.05, 3.63) is 46.5 Å². The van der Waals surface area contributed by atoms with Crippen molar-refractivity contribution in [2.24, 2.45) is 0 Å². The van der Waals surface area contributed by atoms with Gasteiger partial charge in [0.15, 0.2) is 5.13 Å². The van der Waals surface area contributed by atoms with E-state index < -0.39 is 0 Å². The first-order valence-electron chi connectivity index (χ1n) is 10.9. The number of nitrogens with zero attached hydrogens (tertiary/aromatic N) is 3. The normalized spacial score (nSPS) is 17.9. The molecule has 2 aliphatic rings. The number of quaternary nitrogens is 1. The lowest BCUT2D eigenvalue weighted by Gasteiger charge is -2.32. The Labute approximate surface area is 182 Å². The highest BCUT2D eigenvalue weighted by Gasteiger charge is 2.26. The van der Waals surface area contributed by atoms with Crippen LogP contribution in [0.2, 0.25) is 0 Å². The van der Waals surface area contributed by atoms with Gasteiger partial charge in [0.05, 0.1) is 38.3 Å². The second kappa shape index (κ2) is 9.27. The van der Waals surface area contributed by atoms with E-state index in [1.165, 1.54) is 27.4 Å². The third kappa shape index (κ3) is 4.90. The van der Waals surface area contributed by atoms with Crippen LogP contribution in [0.1, 0.15) is 49.4 Å². The van der Waals surface area contributed by atoms with Crippen LogP contribution < -0.4 is 9.80 Å². The lowest BCUT2D eigenvalue weighted by atomic mass is 10.0. The standard InChI is InChI=1S/C23H30N4O2S/c1-17(2)19-7-5-18(6-8-19)15-25-10-12-26(13-11-25)22(29)14-20-16-30-23(24-20)27-9-3-4-21(27)28/h5-8,16-17H,3-4,9-15H2,1-2H3/p+1. The Morgan fingerprint density at radius 1 is 1.17 bits per heavy atom. The second-order valence-electron chi connectivity index (χ2n) is 8.65. The molecule has 2 aliphatic heterocycles. The summed E-state index contributed by atoms with van der Waals surface area (Å²) in [5.74, 6) is 0.839. The number of carbonyl (C=O) groups excluding carboxylic acids is 2. The van der Waals surface area contributed by atoms with Crippen molar-refractivity contribution in [3.63, 3.8) is 0 Å². The molecule has 6 nitrogen and oxygen atoms in total. The highest BCUT2D eigenvalue weighted by atomic mass is 32.1. The highest BCUT2D eigenvalue weighted by molar-refractivity contribution is 7.14. The summed E-state index contributed by atoms with van der Waals surface area (Å²) in [6.45, 7) is 9.72. The lowest BCUT2D eigenvalue weighted by molar-refractivity contribution is -0.917. The zero-order chi connectivity index (χ0) is 21.1. The van der Waals surface area contributed by atoms with Crippen LogP contribution in [0.25, 0.3) is 0 Å². The number of hydrogen-bond donors (Lipinski definition) is 1. The number of thiazole rings is 1. The monoisotopic (exact) mass is 427 g/mol. The smallest absolute Gasteiger partial charge is 0.229 e. The molecule has 160 valence electrons. The van der Waals surface area contributed by atoms with E-state index >= 15 is 0 Å². The van der Waals surface area contributed by atoms with Crippen molar-refractivity contribution in [1.29, 1.82) is 0 Å². The van der Waals surface area contributed by atoms with Crippen molar-refractivity contribution in [2.75, 3.05) is 37.6 Å². The molecule has 1 aromatic carbocycles. The fourth-order valence-corrected chi connectivity index (χ4v) is 5.04. The van der Waals surface area contributed by atoms with Gasteiger partial charge >= 0.3 is 0 Å². The molecule has 0 saturated carbocycles. The van der Waals surface area contributed by atoms with Crippen LogP contribution in [0.4, 0.5) is 5.13 Å². The van der Waals surface area contributed by atoms with Crippen LogP contribution in [0.3, 0.4) is 0 Å². The van der Waals surface area contributed by atoms with Crippen LogP contribution >= 0.6 is 11.3 Å². The number of piperazine rings is 1. The van der Waals surface area contributed by atoms with E-state index in [1.54, 1.807) is 4.90 Å². The summed E-state index contributed by atoms with van der Waals surface area (Å²) in [6, 6.07) is 8.95. The minimum absolute atomic E-state index is 0.139. The van der Waals surface area contributed by atoms with Gasteiger partial charge in [-0.3, -0.25) is 14.5 Å². The SMILES string of the molecule is CC(C)c1ccc(C[NH+]2CCN(C(=O)Cc3csc(N4CCCC4=O)n3)CC2)cc1. The van der Waals surface area contributed by atoms with Crippen molar-refractivity contribution >= 4 is 28.3 Å². The average molecular weight is 428 g/mol. The number of anilines is 1. The van der Waals surface area contributed by atoms with E-state index in [0.29, 0.717) is 18.8 Å². The summed E-state index contributed by atoms with van der Waals surface area (Å²) in [4.78, 5) is 34.4. The van der Waals surface area contributed by atoms with Crippen LogP contribution in [0.5, 0.6) is 0 Å². The number of amides is 2. The van der Waals surface area contributed by atoms with E-state index in [0.717, 1.165) is 56.5 Å². The van der Waals surface area contributed by atoms with E-state index in [4.69, 9.17) is 0 Å². The molecule has 2 aromatic rings. The molecule has 30 heavy (non-hydrogen) atoms. The molecule has 0 radical (unpaired) electrons. The molecule has 0 aliphatic carbocycles. The third-order valence-corrected chi connectivity index (χ3v) is 7.01. The molecule has 7 heteroatoms. The number of hydrogen-bond acceptors (Lipinski definition) is 4. The Morgan fingerprint density at radius 3 is 2.53 bits per heavy atom. The van der Waals surface area contributed by atoms with Crippen molar-refractivity contribution in [3.8, 4) is 0 Å². The van der Waals surface area contributed by atoms with Gasteiger partial charge in [-0.15, -0.1) is 11.3 Å². The molecular weight excluding hydrogens is 396 g/mol. The Morgan fingerprint density at radius 2 is 1.90 bits per heavy atom. The molecule has 1 aromatic heterocycles. The molecular formula is C23H31N4O2S+. The van der Waals surface area contributed by atoms with Crippen molar-refractivity contribution in [2.45, 2.75) is 45.6 Å². The Kier molecular flexibility index (Phi) is 6.49. The summed E-state index contributed by atoms with van der Waals surface area (Å²) < 4.78 is 0. The minimum Gasteiger partial charge on any atom is -0.331 e. The molecule has 3 heterocycles. The van der Waals surface area contributed by atoms with Gasteiger partial charge in [0.2, 0.25) is 11.8 Å². The maximum Gasteiger partial charge on any atom is 0.229 e. The first-order chi connectivity index (χ1) is 14.5. The second-order valence-corrected chi connectivity index (χ2v) is 9.49. The summed E-state index contributed by atoms with van der Waals surface area (Å²) >= 11 is 1.46. The van der Waals surface area contributed by atoms with Crippen molar-refractivity contribution < 1.29 is 14.5 Å². The molecule has 0 unspecified atom stereocenters. The van der Waals surface area contributed by atoms with E-state index in [9.17, 15) is 9.59 Å². The summed E-state index contributed by atoms with van der Waals surface area (Å²) in [5.41, 5.74) is 3.52. The average Bonchev–Trinajstić information content (AvgIpc) is 3.37. The number of carbonyl (C=O) groups is 2. The van der Waals surface area contributed by atoms with Gasteiger partial charge in [-0.25, -0.2) is 4.98 Å². The van der Waals surface area contributed by atoms with E-state index in [-0.39, 0.29) is 11.8 Å². The van der Waals surface area contributed by atoms with Crippen LogP contribution in [0.15, 0.2) is 29.6 Å². The molecule has 1 N–H and O–H groups in total. The summed E-state index contributed by atoms with van der Waals surface area (Å²) in [6.07, 6.45) is 1.81. The Hall–Kier alpha value is -2.25. The molecule has 2 saturated heterocycles. The first-order valence-corrected chi connectivity index (χ1v) is 11.8. The van der Waals surface area contributed by atoms with Gasteiger partial charge in [0.1, 0.15) is 6.54 Å². The van der Waals surface area contributed by atoms with Crippen molar-refractivity contribution in [1.82, 2.24) is 9.88 Å². The number of rotatable bonds is 6. The Bertz CT molecular complexity index is 885. The Balaban J connectivity index is 1.25. The third-order valence-electron chi connectivity index (χ3n) is 6.10. The van der Waals surface area contributed by atoms with Gasteiger partial charge in [0, 0.05) is 23.9 Å². The minimum atomic E-state index is 0.139. The van der Waals surface area contributed by atoms with Gasteiger partial charge in [-0.1, -0.05) is 38.1 Å². The predicted molar refractivity (Wildman–Crippen MR) is 119 cm³/mol. The molecule has 0 spiro atoms. The summed E-state index contributed by atoms with van der Waals surface area (Å²) in [5, 5.41) is 2.65. The number of nitrogens with one attached hydrogen (secondary N) is 1. The maximum absolute atomic E-state index is 12.7. The topological polar surface area (TPSA) is 58.0 Å². The van der Waals surface area contributed by atoms with Gasteiger partial charge < -0.3 is 9.80 Å². The fraction of sp³-hybridized carbons (Fsp3) is 0.522. The number of aromatic nitrogens is 1. The molecule has 2 amide bonds. The highest BCUT2D eigenvalue weighted by Crippen LogP contribution is 2.25. The molecule has 2 fully saturated rings. The number of benzene rings is 1. The first kappa shape index (κ1) is 21.0. The predicted octanol–water partition coefficient (Wildman–Crippen LogP) is 1.86. The van der Waals surface area contributed by atoms with Crippen LogP contribution in [0, 0.1) is 0 Å². The van der Waals surface area contributed by atoms with Gasteiger partial charge in [0.25, 0.3) is 0 Å². The zero-order valence-corrected chi connectivity index (χ0v) is 18.7. The molecule has 0 atom stereocenters. The zero-order valence-electron chi connectivity index (χ0n) is 17.9. The lowest BCUT2D eigenvalue weighted by Crippen LogP contribution is -3.13. The van der Waals surface area contributed by atoms with Crippen LogP contribution in [-0.4, -0.2) is 54.4 Å². The van der Waals surface area contributed by atoms with E-state index in [1.807, 2.05) is 10.3 Å². The van der Waals surface area contributed by atoms with Crippen LogP contribution in [-0.2, 0) is 22.6 Å². The molecule has 4 rings (SSSR count). The largest absolute Gasteiger partial charge is 0.331 e. The maximum atomic E-state index is 12.7. The summed E-state index contributed by atoms with van der Waals surface area (Å²) in [7, 11) is 0. The fourth-order valence-electron chi connectivity index (χ4n) is 4.18. The van der Waals surface area contributed by atoms with Gasteiger partial charge in [-0.05, 0) is 17.9 Å². The van der Waals surface area contributed by atoms with Gasteiger partial charge in [-0.2, -0.15) is 0 Å². The quantitative estimate of drug-likeness (QED) is 0.766.